The minimum Gasteiger partial charge on any atom is -0.476 e. The fraction of sp³-hybridized carbons (Fsp3) is 0.381. The van der Waals surface area contributed by atoms with Gasteiger partial charge in [0.25, 0.3) is 5.91 Å². The molecule has 1 amide bonds. The van der Waals surface area contributed by atoms with Crippen LogP contribution in [0.1, 0.15) is 23.1 Å². The first-order valence-corrected chi connectivity index (χ1v) is 11.2. The molecular weight excluding hydrogens is 376 g/mol. The number of carbonyl (C=O) groups excluding carboxylic acids is 1. The van der Waals surface area contributed by atoms with Gasteiger partial charge in [0.15, 0.2) is 6.10 Å². The number of hydrogen-bond acceptors (Lipinski definition) is 4. The van der Waals surface area contributed by atoms with E-state index in [0.29, 0.717) is 18.0 Å². The van der Waals surface area contributed by atoms with Gasteiger partial charge in [-0.1, -0.05) is 35.9 Å². The van der Waals surface area contributed by atoms with Crippen LogP contribution >= 0.6 is 0 Å². The molecule has 0 bridgehead atoms. The van der Waals surface area contributed by atoms with Crippen molar-refractivity contribution < 1.29 is 17.9 Å². The Labute approximate surface area is 166 Å². The summed E-state index contributed by atoms with van der Waals surface area (Å²) >= 11 is 0. The van der Waals surface area contributed by atoms with Crippen molar-refractivity contribution in [2.45, 2.75) is 32.8 Å². The van der Waals surface area contributed by atoms with Crippen molar-refractivity contribution in [2.75, 3.05) is 23.7 Å². The number of fused-ring (bicyclic) bond motifs is 1. The summed E-state index contributed by atoms with van der Waals surface area (Å²) in [6.07, 6.45) is 1.93. The molecule has 1 N–H and O–H groups in total. The van der Waals surface area contributed by atoms with E-state index < -0.39 is 16.1 Å². The fourth-order valence-electron chi connectivity index (χ4n) is 3.18. The molecule has 2 aromatic carbocycles. The molecule has 7 heteroatoms. The highest BCUT2D eigenvalue weighted by Gasteiger charge is 2.34. The van der Waals surface area contributed by atoms with Gasteiger partial charge < -0.3 is 10.1 Å². The third kappa shape index (κ3) is 4.84. The Morgan fingerprint density at radius 1 is 1.14 bits per heavy atom. The summed E-state index contributed by atoms with van der Waals surface area (Å²) in [5.74, 6) is 0.103. The largest absolute Gasteiger partial charge is 0.476 e. The Balaban J connectivity index is 1.61. The maximum absolute atomic E-state index is 12.5. The summed E-state index contributed by atoms with van der Waals surface area (Å²) < 4.78 is 31.4. The number of sulfonamides is 1. The molecule has 0 aromatic heterocycles. The average Bonchev–Trinajstić information content (AvgIpc) is 2.64. The molecule has 1 atom stereocenters. The molecule has 0 saturated carbocycles. The van der Waals surface area contributed by atoms with Crippen LogP contribution in [0.5, 0.6) is 5.75 Å². The van der Waals surface area contributed by atoms with Crippen LogP contribution in [0.2, 0.25) is 0 Å². The van der Waals surface area contributed by atoms with Gasteiger partial charge in [-0.3, -0.25) is 9.10 Å². The van der Waals surface area contributed by atoms with Gasteiger partial charge >= 0.3 is 0 Å². The monoisotopic (exact) mass is 402 g/mol. The number of hydrogen-bond donors (Lipinski definition) is 1. The van der Waals surface area contributed by atoms with Crippen molar-refractivity contribution >= 4 is 21.6 Å². The van der Waals surface area contributed by atoms with E-state index in [1.165, 1.54) is 15.4 Å². The Kier molecular flexibility index (Phi) is 5.93. The molecule has 0 fully saturated rings. The predicted molar refractivity (Wildman–Crippen MR) is 110 cm³/mol. The zero-order chi connectivity index (χ0) is 20.3. The van der Waals surface area contributed by atoms with E-state index in [9.17, 15) is 13.2 Å². The van der Waals surface area contributed by atoms with Crippen molar-refractivity contribution in [3.63, 3.8) is 0 Å². The van der Waals surface area contributed by atoms with E-state index in [1.807, 2.05) is 19.9 Å². The van der Waals surface area contributed by atoms with Crippen LogP contribution in [-0.4, -0.2) is 39.8 Å². The molecule has 28 heavy (non-hydrogen) atoms. The van der Waals surface area contributed by atoms with E-state index in [4.69, 9.17) is 4.74 Å². The van der Waals surface area contributed by atoms with E-state index >= 15 is 0 Å². The summed E-state index contributed by atoms with van der Waals surface area (Å²) in [5.41, 5.74) is 3.85. The van der Waals surface area contributed by atoms with E-state index in [-0.39, 0.29) is 12.5 Å². The highest BCUT2D eigenvalue weighted by Crippen LogP contribution is 2.35. The maximum atomic E-state index is 12.5. The molecular formula is C21H26N2O4S. The minimum atomic E-state index is -3.51. The van der Waals surface area contributed by atoms with Gasteiger partial charge in [0.2, 0.25) is 10.0 Å². The van der Waals surface area contributed by atoms with Crippen molar-refractivity contribution in [1.82, 2.24) is 5.32 Å². The first-order valence-electron chi connectivity index (χ1n) is 9.32. The summed E-state index contributed by atoms with van der Waals surface area (Å²) in [4.78, 5) is 12.5. The fourth-order valence-corrected chi connectivity index (χ4v) is 4.09. The number of anilines is 1. The topological polar surface area (TPSA) is 75.7 Å². The lowest BCUT2D eigenvalue weighted by Gasteiger charge is -2.34. The second-order valence-electron chi connectivity index (χ2n) is 7.25. The SMILES string of the molecule is Cc1ccc(CCCNC(=O)C2CN(S(C)(=O)=O)c3cc(C)ccc3O2)cc1. The Bertz CT molecular complexity index is 955. The highest BCUT2D eigenvalue weighted by molar-refractivity contribution is 7.92. The summed E-state index contributed by atoms with van der Waals surface area (Å²) in [6.45, 7) is 4.41. The molecule has 1 aliphatic rings. The molecule has 6 nitrogen and oxygen atoms in total. The lowest BCUT2D eigenvalue weighted by molar-refractivity contribution is -0.127. The molecule has 1 aliphatic heterocycles. The predicted octanol–water partition coefficient (Wildman–Crippen LogP) is 2.58. The van der Waals surface area contributed by atoms with Gasteiger partial charge in [0.1, 0.15) is 5.75 Å². The van der Waals surface area contributed by atoms with Gasteiger partial charge in [-0.25, -0.2) is 8.42 Å². The molecule has 1 heterocycles. The maximum Gasteiger partial charge on any atom is 0.263 e. The Morgan fingerprint density at radius 2 is 1.82 bits per heavy atom. The van der Waals surface area contributed by atoms with E-state index in [0.717, 1.165) is 24.7 Å². The third-order valence-electron chi connectivity index (χ3n) is 4.74. The zero-order valence-corrected chi connectivity index (χ0v) is 17.3. The smallest absolute Gasteiger partial charge is 0.263 e. The van der Waals surface area contributed by atoms with Gasteiger partial charge in [0.05, 0.1) is 18.5 Å². The quantitative estimate of drug-likeness (QED) is 0.754. The lowest BCUT2D eigenvalue weighted by atomic mass is 10.1. The number of amides is 1. The lowest BCUT2D eigenvalue weighted by Crippen LogP contribution is -2.50. The minimum absolute atomic E-state index is 0.0287. The van der Waals surface area contributed by atoms with Gasteiger partial charge in [-0.05, 0) is 49.9 Å². The molecule has 0 spiro atoms. The molecule has 1 unspecified atom stereocenters. The number of ether oxygens (including phenoxy) is 1. The van der Waals surface area contributed by atoms with Gasteiger partial charge in [-0.2, -0.15) is 0 Å². The standard InChI is InChI=1S/C21H26N2O4S/c1-15-6-9-17(10-7-15)5-4-12-22-21(24)20-14-23(28(3,25)26)18-13-16(2)8-11-19(18)27-20/h6-11,13,20H,4-5,12,14H2,1-3H3,(H,22,24). The first kappa shape index (κ1) is 20.2. The van der Waals surface area contributed by atoms with Crippen molar-refractivity contribution in [1.29, 1.82) is 0 Å². The van der Waals surface area contributed by atoms with E-state index in [2.05, 4.69) is 29.6 Å². The van der Waals surface area contributed by atoms with Crippen LogP contribution in [0.3, 0.4) is 0 Å². The second-order valence-corrected chi connectivity index (χ2v) is 9.16. The van der Waals surface area contributed by atoms with Crippen LogP contribution in [0.4, 0.5) is 5.69 Å². The number of carbonyl (C=O) groups is 1. The van der Waals surface area contributed by atoms with Crippen molar-refractivity contribution in [3.05, 3.63) is 59.2 Å². The summed E-state index contributed by atoms with van der Waals surface area (Å²) in [7, 11) is -3.51. The molecule has 0 saturated heterocycles. The number of nitrogens with zero attached hydrogens (tertiary/aromatic N) is 1. The number of nitrogens with one attached hydrogen (secondary N) is 1. The summed E-state index contributed by atoms with van der Waals surface area (Å²) in [5, 5.41) is 2.86. The van der Waals surface area contributed by atoms with Gasteiger partial charge in [0, 0.05) is 6.54 Å². The van der Waals surface area contributed by atoms with Crippen LogP contribution in [0, 0.1) is 13.8 Å². The molecule has 150 valence electrons. The van der Waals surface area contributed by atoms with Crippen LogP contribution < -0.4 is 14.4 Å². The molecule has 0 radical (unpaired) electrons. The average molecular weight is 403 g/mol. The van der Waals surface area contributed by atoms with Gasteiger partial charge in [-0.15, -0.1) is 0 Å². The van der Waals surface area contributed by atoms with E-state index in [1.54, 1.807) is 12.1 Å². The van der Waals surface area contributed by atoms with Crippen LogP contribution in [0.25, 0.3) is 0 Å². The highest BCUT2D eigenvalue weighted by atomic mass is 32.2. The normalized spacial score (nSPS) is 16.2. The molecule has 2 aromatic rings. The van der Waals surface area contributed by atoms with Crippen molar-refractivity contribution in [2.24, 2.45) is 0 Å². The second kappa shape index (κ2) is 8.22. The molecule has 3 rings (SSSR count). The number of rotatable bonds is 6. The number of benzene rings is 2. The van der Waals surface area contributed by atoms with Crippen molar-refractivity contribution in [3.8, 4) is 5.75 Å². The van der Waals surface area contributed by atoms with Crippen LogP contribution in [-0.2, 0) is 21.2 Å². The van der Waals surface area contributed by atoms with Crippen LogP contribution in [0.15, 0.2) is 42.5 Å². The summed E-state index contributed by atoms with van der Waals surface area (Å²) in [6, 6.07) is 13.6. The first-order chi connectivity index (χ1) is 13.2. The number of aryl methyl sites for hydroxylation is 3. The molecule has 0 aliphatic carbocycles. The Morgan fingerprint density at radius 3 is 2.50 bits per heavy atom. The Hall–Kier alpha value is -2.54. The zero-order valence-electron chi connectivity index (χ0n) is 16.4. The third-order valence-corrected chi connectivity index (χ3v) is 5.89.